The fraction of sp³-hybridized carbons (Fsp3) is 0.615. The van der Waals surface area contributed by atoms with E-state index in [0.717, 1.165) is 11.9 Å². The zero-order chi connectivity index (χ0) is 11.7. The van der Waals surface area contributed by atoms with Crippen LogP contribution in [0.15, 0.2) is 18.3 Å². The van der Waals surface area contributed by atoms with Crippen molar-refractivity contribution in [3.05, 3.63) is 23.4 Å². The van der Waals surface area contributed by atoms with E-state index in [9.17, 15) is 0 Å². The predicted octanol–water partition coefficient (Wildman–Crippen LogP) is 2.77. The van der Waals surface area contributed by atoms with Gasteiger partial charge in [0.05, 0.1) is 5.02 Å². The number of anilines is 1. The number of halogens is 1. The van der Waals surface area contributed by atoms with Gasteiger partial charge in [0.1, 0.15) is 5.82 Å². The number of aromatic nitrogens is 1. The lowest BCUT2D eigenvalue weighted by atomic mass is 9.97. The van der Waals surface area contributed by atoms with Gasteiger partial charge in [-0.25, -0.2) is 4.98 Å². The molecule has 0 radical (unpaired) electrons. The normalized spacial score (nSPS) is 29.0. The first-order valence-corrected chi connectivity index (χ1v) is 6.81. The molecule has 0 spiro atoms. The fourth-order valence-corrected chi connectivity index (χ4v) is 3.14. The summed E-state index contributed by atoms with van der Waals surface area (Å²) in [5.74, 6) is 0.950. The van der Waals surface area contributed by atoms with Gasteiger partial charge >= 0.3 is 0 Å². The number of fused-ring (bicyclic) bond motifs is 1. The molecule has 2 aliphatic rings. The third-order valence-corrected chi connectivity index (χ3v) is 4.12. The SMILES string of the molecule is Clc1ccc(NC2CCN3CCCC3C2)nc1. The first-order valence-electron chi connectivity index (χ1n) is 6.43. The summed E-state index contributed by atoms with van der Waals surface area (Å²) in [5, 5.41) is 4.22. The lowest BCUT2D eigenvalue weighted by Gasteiger charge is -2.35. The van der Waals surface area contributed by atoms with Crippen molar-refractivity contribution >= 4 is 17.4 Å². The van der Waals surface area contributed by atoms with E-state index < -0.39 is 0 Å². The molecule has 2 atom stereocenters. The minimum absolute atomic E-state index is 0.572. The Hall–Kier alpha value is -0.800. The Morgan fingerprint density at radius 3 is 3.06 bits per heavy atom. The van der Waals surface area contributed by atoms with E-state index in [0.29, 0.717) is 11.1 Å². The van der Waals surface area contributed by atoms with Crippen molar-refractivity contribution in [1.82, 2.24) is 9.88 Å². The van der Waals surface area contributed by atoms with Gasteiger partial charge in [-0.3, -0.25) is 0 Å². The van der Waals surface area contributed by atoms with Crippen LogP contribution in [0, 0.1) is 0 Å². The van der Waals surface area contributed by atoms with Crippen LogP contribution in [-0.4, -0.2) is 35.1 Å². The number of rotatable bonds is 2. The molecule has 2 fully saturated rings. The van der Waals surface area contributed by atoms with E-state index in [-0.39, 0.29) is 0 Å². The third kappa shape index (κ3) is 2.55. The van der Waals surface area contributed by atoms with Crippen LogP contribution < -0.4 is 5.32 Å². The molecule has 4 heteroatoms. The summed E-state index contributed by atoms with van der Waals surface area (Å²) in [6.45, 7) is 2.53. The maximum Gasteiger partial charge on any atom is 0.126 e. The third-order valence-electron chi connectivity index (χ3n) is 3.90. The standard InChI is InChI=1S/C13H18ClN3/c14-10-3-4-13(15-9-10)16-11-5-7-17-6-1-2-12(17)8-11/h3-4,9,11-12H,1-2,5-8H2,(H,15,16). The molecule has 1 N–H and O–H groups in total. The Labute approximate surface area is 107 Å². The van der Waals surface area contributed by atoms with Crippen LogP contribution >= 0.6 is 11.6 Å². The Balaban J connectivity index is 1.60. The van der Waals surface area contributed by atoms with Gasteiger partial charge in [-0.1, -0.05) is 11.6 Å². The van der Waals surface area contributed by atoms with Crippen molar-refractivity contribution in [2.75, 3.05) is 18.4 Å². The molecule has 0 saturated carbocycles. The summed E-state index contributed by atoms with van der Waals surface area (Å²) >= 11 is 5.83. The van der Waals surface area contributed by atoms with Crippen LogP contribution in [0.2, 0.25) is 5.02 Å². The van der Waals surface area contributed by atoms with Gasteiger partial charge in [0.15, 0.2) is 0 Å². The highest BCUT2D eigenvalue weighted by Crippen LogP contribution is 2.28. The van der Waals surface area contributed by atoms with Crippen molar-refractivity contribution in [2.24, 2.45) is 0 Å². The van der Waals surface area contributed by atoms with Crippen LogP contribution in [0.1, 0.15) is 25.7 Å². The predicted molar refractivity (Wildman–Crippen MR) is 70.5 cm³/mol. The van der Waals surface area contributed by atoms with E-state index in [1.54, 1.807) is 6.20 Å². The second-order valence-corrected chi connectivity index (χ2v) is 5.50. The minimum Gasteiger partial charge on any atom is -0.367 e. The fourth-order valence-electron chi connectivity index (χ4n) is 3.03. The molecule has 0 bridgehead atoms. The zero-order valence-electron chi connectivity index (χ0n) is 9.90. The van der Waals surface area contributed by atoms with Crippen molar-refractivity contribution in [3.8, 4) is 0 Å². The number of piperidine rings is 1. The average Bonchev–Trinajstić information content (AvgIpc) is 2.79. The highest BCUT2D eigenvalue weighted by atomic mass is 35.5. The number of hydrogen-bond donors (Lipinski definition) is 1. The van der Waals surface area contributed by atoms with Crippen LogP contribution in [0.25, 0.3) is 0 Å². The van der Waals surface area contributed by atoms with Crippen LogP contribution in [0.5, 0.6) is 0 Å². The Bertz CT molecular complexity index is 379. The summed E-state index contributed by atoms with van der Waals surface area (Å²) in [6, 6.07) is 5.22. The van der Waals surface area contributed by atoms with Gasteiger partial charge in [-0.05, 0) is 44.4 Å². The quantitative estimate of drug-likeness (QED) is 0.876. The maximum absolute atomic E-state index is 5.83. The lowest BCUT2D eigenvalue weighted by Crippen LogP contribution is -2.42. The van der Waals surface area contributed by atoms with Gasteiger partial charge in [0.25, 0.3) is 0 Å². The second kappa shape index (κ2) is 4.83. The molecule has 3 nitrogen and oxygen atoms in total. The monoisotopic (exact) mass is 251 g/mol. The molecule has 1 aromatic heterocycles. The number of pyridine rings is 1. The molecule has 0 amide bonds. The first-order chi connectivity index (χ1) is 8.31. The smallest absolute Gasteiger partial charge is 0.126 e. The Morgan fingerprint density at radius 2 is 2.24 bits per heavy atom. The summed E-state index contributed by atoms with van der Waals surface area (Å²) in [5.41, 5.74) is 0. The molecule has 2 unspecified atom stereocenters. The van der Waals surface area contributed by atoms with Crippen molar-refractivity contribution in [2.45, 2.75) is 37.8 Å². The largest absolute Gasteiger partial charge is 0.367 e. The van der Waals surface area contributed by atoms with E-state index >= 15 is 0 Å². The topological polar surface area (TPSA) is 28.2 Å². The summed E-state index contributed by atoms with van der Waals surface area (Å²) < 4.78 is 0. The van der Waals surface area contributed by atoms with Gasteiger partial charge in [0.2, 0.25) is 0 Å². The lowest BCUT2D eigenvalue weighted by molar-refractivity contribution is 0.188. The van der Waals surface area contributed by atoms with Gasteiger partial charge < -0.3 is 10.2 Å². The van der Waals surface area contributed by atoms with Gasteiger partial charge in [0, 0.05) is 24.8 Å². The highest BCUT2D eigenvalue weighted by molar-refractivity contribution is 6.30. The summed E-state index contributed by atoms with van der Waals surface area (Å²) in [7, 11) is 0. The summed E-state index contributed by atoms with van der Waals surface area (Å²) in [4.78, 5) is 6.93. The van der Waals surface area contributed by atoms with E-state index in [4.69, 9.17) is 11.6 Å². The number of hydrogen-bond acceptors (Lipinski definition) is 3. The number of nitrogens with zero attached hydrogens (tertiary/aromatic N) is 2. The van der Waals surface area contributed by atoms with Crippen molar-refractivity contribution in [1.29, 1.82) is 0 Å². The molecule has 92 valence electrons. The Kier molecular flexibility index (Phi) is 3.21. The molecular formula is C13H18ClN3. The molecule has 3 heterocycles. The second-order valence-electron chi connectivity index (χ2n) is 5.06. The molecule has 3 rings (SSSR count). The van der Waals surface area contributed by atoms with Crippen LogP contribution in [0.4, 0.5) is 5.82 Å². The molecule has 1 aromatic rings. The highest BCUT2D eigenvalue weighted by Gasteiger charge is 2.31. The van der Waals surface area contributed by atoms with E-state index in [1.807, 2.05) is 12.1 Å². The average molecular weight is 252 g/mol. The molecule has 17 heavy (non-hydrogen) atoms. The van der Waals surface area contributed by atoms with E-state index in [2.05, 4.69) is 15.2 Å². The maximum atomic E-state index is 5.83. The van der Waals surface area contributed by atoms with Crippen molar-refractivity contribution < 1.29 is 0 Å². The van der Waals surface area contributed by atoms with E-state index in [1.165, 1.54) is 38.8 Å². The van der Waals surface area contributed by atoms with Crippen LogP contribution in [-0.2, 0) is 0 Å². The Morgan fingerprint density at radius 1 is 1.29 bits per heavy atom. The van der Waals surface area contributed by atoms with Gasteiger partial charge in [-0.2, -0.15) is 0 Å². The summed E-state index contributed by atoms with van der Waals surface area (Å²) in [6.07, 6.45) is 6.92. The first kappa shape index (κ1) is 11.3. The molecule has 2 aliphatic heterocycles. The number of nitrogens with one attached hydrogen (secondary N) is 1. The molecule has 0 aromatic carbocycles. The molecular weight excluding hydrogens is 234 g/mol. The zero-order valence-corrected chi connectivity index (χ0v) is 10.7. The van der Waals surface area contributed by atoms with Gasteiger partial charge in [-0.15, -0.1) is 0 Å². The minimum atomic E-state index is 0.572. The molecule has 0 aliphatic carbocycles. The van der Waals surface area contributed by atoms with Crippen LogP contribution in [0.3, 0.4) is 0 Å². The molecule has 2 saturated heterocycles. The van der Waals surface area contributed by atoms with Crippen molar-refractivity contribution in [3.63, 3.8) is 0 Å².